The molecule has 1 aromatic heterocycles. The molecule has 1 N–H and O–H groups in total. The average Bonchev–Trinajstić information content (AvgIpc) is 2.23. The maximum atomic E-state index is 4.38. The predicted molar refractivity (Wildman–Crippen MR) is 58.0 cm³/mol. The van der Waals surface area contributed by atoms with Crippen molar-refractivity contribution in [2.45, 2.75) is 26.3 Å². The van der Waals surface area contributed by atoms with Crippen molar-refractivity contribution in [2.75, 3.05) is 6.54 Å². The van der Waals surface area contributed by atoms with Crippen LogP contribution >= 0.6 is 0 Å². The first-order chi connectivity index (χ1) is 6.77. The van der Waals surface area contributed by atoms with Gasteiger partial charge in [-0.15, -0.1) is 0 Å². The predicted octanol–water partition coefficient (Wildman–Crippen LogP) is 2.45. The van der Waals surface area contributed by atoms with Crippen LogP contribution in [0.15, 0.2) is 35.5 Å². The Bertz CT molecular complexity index is 341. The van der Waals surface area contributed by atoms with Crippen molar-refractivity contribution in [3.05, 3.63) is 41.2 Å². The molecule has 1 aliphatic rings. The van der Waals surface area contributed by atoms with E-state index in [0.717, 1.165) is 18.7 Å². The molecule has 0 bridgehead atoms. The summed E-state index contributed by atoms with van der Waals surface area (Å²) >= 11 is 0. The molecule has 0 spiro atoms. The van der Waals surface area contributed by atoms with E-state index in [1.807, 2.05) is 18.3 Å². The SMILES string of the molecule is CC1=C(C)CC(c2ccccn2)NC1. The smallest absolute Gasteiger partial charge is 0.0576 e. The van der Waals surface area contributed by atoms with E-state index in [0.29, 0.717) is 6.04 Å². The van der Waals surface area contributed by atoms with Crippen molar-refractivity contribution < 1.29 is 0 Å². The Labute approximate surface area is 85.1 Å². The number of hydrogen-bond acceptors (Lipinski definition) is 2. The Morgan fingerprint density at radius 1 is 1.29 bits per heavy atom. The highest BCUT2D eigenvalue weighted by Gasteiger charge is 2.17. The second kappa shape index (κ2) is 3.93. The van der Waals surface area contributed by atoms with Gasteiger partial charge in [0.15, 0.2) is 0 Å². The molecule has 1 aliphatic heterocycles. The van der Waals surface area contributed by atoms with E-state index in [-0.39, 0.29) is 0 Å². The van der Waals surface area contributed by atoms with Crippen LogP contribution in [0.4, 0.5) is 0 Å². The van der Waals surface area contributed by atoms with E-state index in [1.54, 1.807) is 0 Å². The molecule has 2 heteroatoms. The number of aromatic nitrogens is 1. The monoisotopic (exact) mass is 188 g/mol. The van der Waals surface area contributed by atoms with Crippen molar-refractivity contribution in [3.63, 3.8) is 0 Å². The summed E-state index contributed by atoms with van der Waals surface area (Å²) in [6, 6.07) is 6.50. The van der Waals surface area contributed by atoms with E-state index in [1.165, 1.54) is 11.1 Å². The van der Waals surface area contributed by atoms with Gasteiger partial charge in [0.25, 0.3) is 0 Å². The van der Waals surface area contributed by atoms with Crippen molar-refractivity contribution >= 4 is 0 Å². The van der Waals surface area contributed by atoms with Crippen LogP contribution in [0.1, 0.15) is 32.0 Å². The fourth-order valence-electron chi connectivity index (χ4n) is 1.77. The summed E-state index contributed by atoms with van der Waals surface area (Å²) in [5, 5.41) is 3.50. The van der Waals surface area contributed by atoms with E-state index < -0.39 is 0 Å². The van der Waals surface area contributed by atoms with Gasteiger partial charge in [-0.25, -0.2) is 0 Å². The van der Waals surface area contributed by atoms with Gasteiger partial charge < -0.3 is 5.32 Å². The summed E-state index contributed by atoms with van der Waals surface area (Å²) in [5.41, 5.74) is 4.12. The van der Waals surface area contributed by atoms with Crippen LogP contribution in [-0.4, -0.2) is 11.5 Å². The Kier molecular flexibility index (Phi) is 2.64. The largest absolute Gasteiger partial charge is 0.305 e. The summed E-state index contributed by atoms with van der Waals surface area (Å²) < 4.78 is 0. The van der Waals surface area contributed by atoms with Gasteiger partial charge in [0.1, 0.15) is 0 Å². The normalized spacial score (nSPS) is 22.6. The number of nitrogens with one attached hydrogen (secondary N) is 1. The van der Waals surface area contributed by atoms with Crippen LogP contribution in [0.5, 0.6) is 0 Å². The lowest BCUT2D eigenvalue weighted by atomic mass is 9.96. The highest BCUT2D eigenvalue weighted by Crippen LogP contribution is 2.24. The molecule has 1 aromatic rings. The third kappa shape index (κ3) is 1.85. The molecule has 2 heterocycles. The van der Waals surface area contributed by atoms with Gasteiger partial charge in [-0.1, -0.05) is 17.2 Å². The standard InChI is InChI=1S/C12H16N2/c1-9-7-12(14-8-10(9)2)11-5-3-4-6-13-11/h3-6,12,14H,7-8H2,1-2H3. The first kappa shape index (κ1) is 9.41. The zero-order valence-corrected chi connectivity index (χ0v) is 8.75. The zero-order chi connectivity index (χ0) is 9.97. The minimum atomic E-state index is 0.403. The van der Waals surface area contributed by atoms with Crippen molar-refractivity contribution in [2.24, 2.45) is 0 Å². The molecule has 0 radical (unpaired) electrons. The van der Waals surface area contributed by atoms with Crippen LogP contribution in [0.2, 0.25) is 0 Å². The molecule has 0 aliphatic carbocycles. The maximum absolute atomic E-state index is 4.38. The summed E-state index contributed by atoms with van der Waals surface area (Å²) in [6.07, 6.45) is 2.94. The summed E-state index contributed by atoms with van der Waals surface area (Å²) in [7, 11) is 0. The fraction of sp³-hybridized carbons (Fsp3) is 0.417. The molecular weight excluding hydrogens is 172 g/mol. The van der Waals surface area contributed by atoms with Gasteiger partial charge in [-0.2, -0.15) is 0 Å². The second-order valence-electron chi connectivity index (χ2n) is 3.95. The number of rotatable bonds is 1. The van der Waals surface area contributed by atoms with E-state index >= 15 is 0 Å². The Balaban J connectivity index is 2.17. The molecule has 1 unspecified atom stereocenters. The molecule has 1 atom stereocenters. The Morgan fingerprint density at radius 3 is 2.79 bits per heavy atom. The van der Waals surface area contributed by atoms with E-state index in [2.05, 4.69) is 30.2 Å². The summed E-state index contributed by atoms with van der Waals surface area (Å²) in [6.45, 7) is 5.40. The molecule has 0 fully saturated rings. The Hall–Kier alpha value is -1.15. The number of nitrogens with zero attached hydrogens (tertiary/aromatic N) is 1. The van der Waals surface area contributed by atoms with Crippen molar-refractivity contribution in [1.29, 1.82) is 0 Å². The number of hydrogen-bond donors (Lipinski definition) is 1. The lowest BCUT2D eigenvalue weighted by Crippen LogP contribution is -2.28. The molecule has 2 rings (SSSR count). The summed E-state index contributed by atoms with van der Waals surface area (Å²) in [4.78, 5) is 4.38. The van der Waals surface area contributed by atoms with Crippen LogP contribution in [0, 0.1) is 0 Å². The zero-order valence-electron chi connectivity index (χ0n) is 8.75. The average molecular weight is 188 g/mol. The second-order valence-corrected chi connectivity index (χ2v) is 3.95. The fourth-order valence-corrected chi connectivity index (χ4v) is 1.77. The maximum Gasteiger partial charge on any atom is 0.0576 e. The van der Waals surface area contributed by atoms with Gasteiger partial charge in [-0.3, -0.25) is 4.98 Å². The molecule has 74 valence electrons. The van der Waals surface area contributed by atoms with Crippen molar-refractivity contribution in [1.82, 2.24) is 10.3 Å². The van der Waals surface area contributed by atoms with Gasteiger partial charge in [-0.05, 0) is 32.4 Å². The lowest BCUT2D eigenvalue weighted by molar-refractivity contribution is 0.512. The Morgan fingerprint density at radius 2 is 2.14 bits per heavy atom. The third-order valence-electron chi connectivity index (χ3n) is 2.90. The minimum Gasteiger partial charge on any atom is -0.305 e. The first-order valence-electron chi connectivity index (χ1n) is 5.07. The van der Waals surface area contributed by atoms with Gasteiger partial charge in [0.05, 0.1) is 11.7 Å². The van der Waals surface area contributed by atoms with Gasteiger partial charge >= 0.3 is 0 Å². The van der Waals surface area contributed by atoms with Crippen LogP contribution in [-0.2, 0) is 0 Å². The highest BCUT2D eigenvalue weighted by atomic mass is 14.9. The molecular formula is C12H16N2. The molecule has 2 nitrogen and oxygen atoms in total. The third-order valence-corrected chi connectivity index (χ3v) is 2.90. The quantitative estimate of drug-likeness (QED) is 0.685. The molecule has 0 saturated heterocycles. The van der Waals surface area contributed by atoms with Crippen molar-refractivity contribution in [3.8, 4) is 0 Å². The molecule has 14 heavy (non-hydrogen) atoms. The molecule has 0 aromatic carbocycles. The molecule has 0 amide bonds. The number of pyridine rings is 1. The highest BCUT2D eigenvalue weighted by molar-refractivity contribution is 5.21. The molecule has 0 saturated carbocycles. The summed E-state index contributed by atoms with van der Waals surface area (Å²) in [5.74, 6) is 0. The van der Waals surface area contributed by atoms with Gasteiger partial charge in [0, 0.05) is 12.7 Å². The van der Waals surface area contributed by atoms with E-state index in [4.69, 9.17) is 0 Å². The van der Waals surface area contributed by atoms with E-state index in [9.17, 15) is 0 Å². The lowest BCUT2D eigenvalue weighted by Gasteiger charge is -2.25. The topological polar surface area (TPSA) is 24.9 Å². The van der Waals surface area contributed by atoms with Crippen LogP contribution in [0.3, 0.4) is 0 Å². The first-order valence-corrected chi connectivity index (χ1v) is 5.07. The van der Waals surface area contributed by atoms with Gasteiger partial charge in [0.2, 0.25) is 0 Å². The minimum absolute atomic E-state index is 0.403. The van der Waals surface area contributed by atoms with Crippen LogP contribution in [0.25, 0.3) is 0 Å². The van der Waals surface area contributed by atoms with Crippen LogP contribution < -0.4 is 5.32 Å².